The number of aryl methyl sites for hydroxylation is 2. The highest BCUT2D eigenvalue weighted by atomic mass is 79.9. The fraction of sp³-hybridized carbons (Fsp3) is 0.222. The van der Waals surface area contributed by atoms with Crippen molar-refractivity contribution in [1.29, 1.82) is 0 Å². The van der Waals surface area contributed by atoms with E-state index < -0.39 is 11.8 Å². The van der Waals surface area contributed by atoms with E-state index in [1.807, 2.05) is 13.8 Å². The van der Waals surface area contributed by atoms with Crippen molar-refractivity contribution < 1.29 is 19.1 Å². The van der Waals surface area contributed by atoms with Crippen molar-refractivity contribution in [1.82, 2.24) is 10.9 Å². The summed E-state index contributed by atoms with van der Waals surface area (Å²) in [6, 6.07) is 6.52. The zero-order chi connectivity index (χ0) is 20.8. The van der Waals surface area contributed by atoms with Crippen LogP contribution in [0.1, 0.15) is 11.1 Å². The van der Waals surface area contributed by atoms with E-state index in [4.69, 9.17) is 44.3 Å². The maximum absolute atomic E-state index is 11.8. The Morgan fingerprint density at radius 3 is 2.00 bits per heavy atom. The molecule has 150 valence electrons. The molecule has 2 aromatic carbocycles. The SMILES string of the molecule is Cc1cc(OCC(=O)NNC(=O)COc2c(Cl)cc(Cl)cc2Br)cc(C)c1Cl. The molecule has 0 fully saturated rings. The van der Waals surface area contributed by atoms with E-state index in [9.17, 15) is 9.59 Å². The monoisotopic (exact) mass is 508 g/mol. The van der Waals surface area contributed by atoms with Gasteiger partial charge in [-0.25, -0.2) is 0 Å². The molecule has 0 atom stereocenters. The van der Waals surface area contributed by atoms with E-state index >= 15 is 0 Å². The number of rotatable bonds is 6. The molecule has 2 aromatic rings. The molecule has 0 heterocycles. The highest BCUT2D eigenvalue weighted by Gasteiger charge is 2.12. The summed E-state index contributed by atoms with van der Waals surface area (Å²) in [5, 5.41) is 1.32. The summed E-state index contributed by atoms with van der Waals surface area (Å²) in [6.45, 7) is 3.04. The van der Waals surface area contributed by atoms with Gasteiger partial charge in [0.25, 0.3) is 11.8 Å². The van der Waals surface area contributed by atoms with Crippen molar-refractivity contribution in [2.24, 2.45) is 0 Å². The Bertz CT molecular complexity index is 862. The Hall–Kier alpha value is -1.67. The molecule has 0 spiro atoms. The Morgan fingerprint density at radius 1 is 0.929 bits per heavy atom. The molecule has 0 aliphatic carbocycles. The predicted octanol–water partition coefficient (Wildman–Crippen LogP) is 4.63. The average molecular weight is 511 g/mol. The quantitative estimate of drug-likeness (QED) is 0.556. The van der Waals surface area contributed by atoms with Crippen molar-refractivity contribution in [2.45, 2.75) is 13.8 Å². The van der Waals surface area contributed by atoms with Crippen molar-refractivity contribution in [3.05, 3.63) is 54.9 Å². The van der Waals surface area contributed by atoms with Gasteiger partial charge in [-0.1, -0.05) is 34.8 Å². The number of hydrogen-bond donors (Lipinski definition) is 2. The molecule has 2 rings (SSSR count). The summed E-state index contributed by atoms with van der Waals surface area (Å²) < 4.78 is 11.2. The third-order valence-electron chi connectivity index (χ3n) is 3.43. The number of ether oxygens (including phenoxy) is 2. The summed E-state index contributed by atoms with van der Waals surface area (Å²) in [5.74, 6) is -0.343. The zero-order valence-electron chi connectivity index (χ0n) is 14.9. The number of hydrazine groups is 1. The first kappa shape index (κ1) is 22.6. The fourth-order valence-electron chi connectivity index (χ4n) is 2.15. The van der Waals surface area contributed by atoms with Gasteiger partial charge in [-0.15, -0.1) is 0 Å². The van der Waals surface area contributed by atoms with Crippen LogP contribution in [-0.2, 0) is 9.59 Å². The standard InChI is InChI=1S/C18H16BrCl3N2O4/c1-9-3-12(4-10(2)17(9)22)27-7-15(25)23-24-16(26)8-28-18-13(19)5-11(20)6-14(18)21/h3-6H,7-8H2,1-2H3,(H,23,25)(H,24,26). The van der Waals surface area contributed by atoms with E-state index in [2.05, 4.69) is 26.8 Å². The number of amides is 2. The highest BCUT2D eigenvalue weighted by molar-refractivity contribution is 9.10. The van der Waals surface area contributed by atoms with E-state index in [-0.39, 0.29) is 24.0 Å². The molecule has 0 aromatic heterocycles. The second-order valence-corrected chi connectivity index (χ2v) is 7.82. The van der Waals surface area contributed by atoms with E-state index in [0.717, 1.165) is 11.1 Å². The minimum atomic E-state index is -0.579. The number of halogens is 4. The highest BCUT2D eigenvalue weighted by Crippen LogP contribution is 2.35. The predicted molar refractivity (Wildman–Crippen MR) is 112 cm³/mol. The third-order valence-corrected chi connectivity index (χ3v) is 5.12. The van der Waals surface area contributed by atoms with Gasteiger partial charge in [-0.05, 0) is 65.2 Å². The molecular weight excluding hydrogens is 494 g/mol. The minimum Gasteiger partial charge on any atom is -0.484 e. The van der Waals surface area contributed by atoms with Gasteiger partial charge in [0.2, 0.25) is 0 Å². The van der Waals surface area contributed by atoms with Gasteiger partial charge in [-0.3, -0.25) is 20.4 Å². The Balaban J connectivity index is 1.77. The molecule has 6 nitrogen and oxygen atoms in total. The lowest BCUT2D eigenvalue weighted by atomic mass is 10.1. The first-order valence-electron chi connectivity index (χ1n) is 7.92. The summed E-state index contributed by atoms with van der Waals surface area (Å²) in [5.41, 5.74) is 6.14. The van der Waals surface area contributed by atoms with E-state index in [0.29, 0.717) is 20.3 Å². The first-order chi connectivity index (χ1) is 13.2. The van der Waals surface area contributed by atoms with E-state index in [1.165, 1.54) is 6.07 Å². The second kappa shape index (κ2) is 10.2. The number of carbonyl (C=O) groups is 2. The molecule has 2 N–H and O–H groups in total. The summed E-state index contributed by atoms with van der Waals surface area (Å²) in [4.78, 5) is 23.6. The molecule has 0 saturated heterocycles. The molecular formula is C18H16BrCl3N2O4. The van der Waals surface area contributed by atoms with Crippen molar-refractivity contribution in [3.8, 4) is 11.5 Å². The molecule has 0 unspecified atom stereocenters. The zero-order valence-corrected chi connectivity index (χ0v) is 18.7. The van der Waals surface area contributed by atoms with Gasteiger partial charge in [0, 0.05) is 10.0 Å². The van der Waals surface area contributed by atoms with Gasteiger partial charge in [-0.2, -0.15) is 0 Å². The van der Waals surface area contributed by atoms with E-state index in [1.54, 1.807) is 18.2 Å². The molecule has 0 radical (unpaired) electrons. The van der Waals surface area contributed by atoms with Crippen LogP contribution >= 0.6 is 50.7 Å². The van der Waals surface area contributed by atoms with Crippen LogP contribution in [0.4, 0.5) is 0 Å². The van der Waals surface area contributed by atoms with Crippen LogP contribution < -0.4 is 20.3 Å². The van der Waals surface area contributed by atoms with Crippen LogP contribution in [0.3, 0.4) is 0 Å². The molecule has 0 bridgehead atoms. The van der Waals surface area contributed by atoms with Crippen molar-refractivity contribution >= 4 is 62.5 Å². The maximum Gasteiger partial charge on any atom is 0.276 e. The van der Waals surface area contributed by atoms with Crippen molar-refractivity contribution in [3.63, 3.8) is 0 Å². The number of hydrogen-bond acceptors (Lipinski definition) is 4. The lowest BCUT2D eigenvalue weighted by Crippen LogP contribution is -2.45. The topological polar surface area (TPSA) is 76.7 Å². The average Bonchev–Trinajstić information content (AvgIpc) is 2.61. The van der Waals surface area contributed by atoms with Gasteiger partial charge in [0.15, 0.2) is 19.0 Å². The Kier molecular flexibility index (Phi) is 8.24. The maximum atomic E-state index is 11.8. The smallest absolute Gasteiger partial charge is 0.276 e. The lowest BCUT2D eigenvalue weighted by molar-refractivity contribution is -0.131. The molecule has 28 heavy (non-hydrogen) atoms. The van der Waals surface area contributed by atoms with Crippen LogP contribution in [-0.4, -0.2) is 25.0 Å². The first-order valence-corrected chi connectivity index (χ1v) is 9.84. The second-order valence-electron chi connectivity index (χ2n) is 5.74. The largest absolute Gasteiger partial charge is 0.484 e. The number of carbonyl (C=O) groups excluding carboxylic acids is 2. The van der Waals surface area contributed by atoms with Gasteiger partial charge >= 0.3 is 0 Å². The van der Waals surface area contributed by atoms with Crippen LogP contribution in [0.15, 0.2) is 28.7 Å². The summed E-state index contributed by atoms with van der Waals surface area (Å²) in [6.07, 6.45) is 0. The fourth-order valence-corrected chi connectivity index (χ4v) is 3.63. The normalized spacial score (nSPS) is 10.4. The molecule has 0 saturated carbocycles. The lowest BCUT2D eigenvalue weighted by Gasteiger charge is -2.12. The van der Waals surface area contributed by atoms with Crippen LogP contribution in [0.2, 0.25) is 15.1 Å². The molecule has 2 amide bonds. The van der Waals surface area contributed by atoms with Crippen LogP contribution in [0.25, 0.3) is 0 Å². The van der Waals surface area contributed by atoms with Gasteiger partial charge in [0.05, 0.1) is 9.50 Å². The number of nitrogens with one attached hydrogen (secondary N) is 2. The molecule has 0 aliphatic rings. The van der Waals surface area contributed by atoms with Gasteiger partial charge < -0.3 is 9.47 Å². The van der Waals surface area contributed by atoms with Crippen molar-refractivity contribution in [2.75, 3.05) is 13.2 Å². The summed E-state index contributed by atoms with van der Waals surface area (Å²) in [7, 11) is 0. The Labute approximate surface area is 185 Å². The minimum absolute atomic E-state index is 0.248. The Morgan fingerprint density at radius 2 is 1.46 bits per heavy atom. The number of benzene rings is 2. The summed E-state index contributed by atoms with van der Waals surface area (Å²) >= 11 is 21.2. The van der Waals surface area contributed by atoms with Crippen LogP contribution in [0.5, 0.6) is 11.5 Å². The van der Waals surface area contributed by atoms with Crippen LogP contribution in [0, 0.1) is 13.8 Å². The molecule has 10 heteroatoms. The third kappa shape index (κ3) is 6.44. The van der Waals surface area contributed by atoms with Gasteiger partial charge in [0.1, 0.15) is 5.75 Å². The molecule has 0 aliphatic heterocycles.